The monoisotopic (exact) mass is 289 g/mol. The van der Waals surface area contributed by atoms with E-state index in [1.807, 2.05) is 0 Å². The number of rotatable bonds is 2. The van der Waals surface area contributed by atoms with E-state index in [0.29, 0.717) is 11.3 Å². The summed E-state index contributed by atoms with van der Waals surface area (Å²) in [6, 6.07) is 7.88. The molecule has 20 heavy (non-hydrogen) atoms. The molecule has 0 atom stereocenters. The topological polar surface area (TPSA) is 64.9 Å². The van der Waals surface area contributed by atoms with Crippen molar-refractivity contribution in [2.75, 3.05) is 5.73 Å². The maximum Gasteiger partial charge on any atom is 0.230 e. The van der Waals surface area contributed by atoms with Crippen molar-refractivity contribution in [3.8, 4) is 22.4 Å². The number of halogens is 2. The number of nitrogens with zero attached hydrogens (tertiary/aromatic N) is 2. The van der Waals surface area contributed by atoms with E-state index < -0.39 is 5.82 Å². The molecule has 2 aromatic heterocycles. The van der Waals surface area contributed by atoms with Crippen LogP contribution >= 0.6 is 11.6 Å². The third-order valence-electron chi connectivity index (χ3n) is 2.89. The van der Waals surface area contributed by atoms with Crippen molar-refractivity contribution in [1.82, 2.24) is 10.1 Å². The van der Waals surface area contributed by atoms with E-state index >= 15 is 0 Å². The zero-order valence-electron chi connectivity index (χ0n) is 10.2. The maximum atomic E-state index is 14.1. The van der Waals surface area contributed by atoms with E-state index in [9.17, 15) is 4.39 Å². The van der Waals surface area contributed by atoms with Crippen LogP contribution in [0.2, 0.25) is 5.02 Å². The lowest BCUT2D eigenvalue weighted by molar-refractivity contribution is 0.439. The lowest BCUT2D eigenvalue weighted by Crippen LogP contribution is -1.92. The number of anilines is 1. The minimum absolute atomic E-state index is 0.0174. The fraction of sp³-hybridized carbons (Fsp3) is 0. The largest absolute Gasteiger partial charge is 0.367 e. The first-order valence-corrected chi connectivity index (χ1v) is 6.16. The minimum Gasteiger partial charge on any atom is -0.367 e. The second-order valence-electron chi connectivity index (χ2n) is 4.10. The molecule has 0 unspecified atom stereocenters. The summed E-state index contributed by atoms with van der Waals surface area (Å²) < 4.78 is 19.1. The number of benzene rings is 1. The number of pyridine rings is 1. The summed E-state index contributed by atoms with van der Waals surface area (Å²) >= 11 is 6.08. The van der Waals surface area contributed by atoms with Gasteiger partial charge >= 0.3 is 0 Å². The van der Waals surface area contributed by atoms with Gasteiger partial charge < -0.3 is 10.3 Å². The van der Waals surface area contributed by atoms with Crippen molar-refractivity contribution in [2.24, 2.45) is 0 Å². The summed E-state index contributed by atoms with van der Waals surface area (Å²) in [5, 5.41) is 4.14. The third kappa shape index (κ3) is 2.02. The van der Waals surface area contributed by atoms with Crippen LogP contribution < -0.4 is 5.73 Å². The van der Waals surface area contributed by atoms with Crippen molar-refractivity contribution in [1.29, 1.82) is 0 Å². The Morgan fingerprint density at radius 2 is 1.85 bits per heavy atom. The summed E-state index contributed by atoms with van der Waals surface area (Å²) in [4.78, 5) is 3.93. The van der Waals surface area contributed by atoms with E-state index in [0.717, 1.165) is 5.56 Å². The standard InChI is InChI=1S/C14H9ClFN3O/c15-9-2-1-3-10(16)11(9)12-13(19-20-14(12)17)8-4-6-18-7-5-8/h1-7H,17H2. The smallest absolute Gasteiger partial charge is 0.230 e. The fourth-order valence-electron chi connectivity index (χ4n) is 1.99. The molecule has 1 aromatic carbocycles. The summed E-state index contributed by atoms with van der Waals surface area (Å²) in [7, 11) is 0. The SMILES string of the molecule is Nc1onc(-c2ccncc2)c1-c1c(F)cccc1Cl. The molecule has 0 aliphatic rings. The highest BCUT2D eigenvalue weighted by atomic mass is 35.5. The first-order chi connectivity index (χ1) is 9.68. The van der Waals surface area contributed by atoms with Crippen LogP contribution in [0.3, 0.4) is 0 Å². The number of hydrogen-bond donors (Lipinski definition) is 1. The first kappa shape index (κ1) is 12.6. The molecule has 2 N–H and O–H groups in total. The number of aromatic nitrogens is 2. The van der Waals surface area contributed by atoms with Gasteiger partial charge in [-0.15, -0.1) is 0 Å². The molecule has 0 saturated heterocycles. The lowest BCUT2D eigenvalue weighted by atomic mass is 10.0. The van der Waals surface area contributed by atoms with Crippen molar-refractivity contribution in [3.05, 3.63) is 53.6 Å². The Morgan fingerprint density at radius 1 is 1.10 bits per heavy atom. The molecule has 0 aliphatic carbocycles. The molecular formula is C14H9ClFN3O. The van der Waals surface area contributed by atoms with E-state index in [1.54, 1.807) is 30.6 Å². The van der Waals surface area contributed by atoms with E-state index in [2.05, 4.69) is 10.1 Å². The Labute approximate surface area is 119 Å². The molecule has 100 valence electrons. The first-order valence-electron chi connectivity index (χ1n) is 5.78. The van der Waals surface area contributed by atoms with Crippen LogP contribution in [0.15, 0.2) is 47.2 Å². The highest BCUT2D eigenvalue weighted by molar-refractivity contribution is 6.33. The molecule has 0 spiro atoms. The van der Waals surface area contributed by atoms with E-state index in [1.165, 1.54) is 12.1 Å². The molecule has 0 amide bonds. The minimum atomic E-state index is -0.484. The Bertz CT molecular complexity index is 738. The second-order valence-corrected chi connectivity index (χ2v) is 4.51. The van der Waals surface area contributed by atoms with Crippen LogP contribution in [-0.4, -0.2) is 10.1 Å². The number of hydrogen-bond acceptors (Lipinski definition) is 4. The van der Waals surface area contributed by atoms with Crippen LogP contribution in [0.1, 0.15) is 0 Å². The Balaban J connectivity index is 2.28. The molecule has 0 bridgehead atoms. The Kier molecular flexibility index (Phi) is 3.12. The highest BCUT2D eigenvalue weighted by Crippen LogP contribution is 2.40. The average molecular weight is 290 g/mol. The Morgan fingerprint density at radius 3 is 2.55 bits per heavy atom. The van der Waals surface area contributed by atoms with Gasteiger partial charge in [-0.2, -0.15) is 0 Å². The predicted octanol–water partition coefficient (Wildman–Crippen LogP) is 3.78. The molecule has 0 saturated carbocycles. The van der Waals surface area contributed by atoms with Gasteiger partial charge in [-0.1, -0.05) is 22.8 Å². The molecule has 0 radical (unpaired) electrons. The van der Waals surface area contributed by atoms with Gasteiger partial charge in [-0.3, -0.25) is 4.98 Å². The van der Waals surface area contributed by atoms with Gasteiger partial charge in [0.2, 0.25) is 5.88 Å². The van der Waals surface area contributed by atoms with Crippen LogP contribution in [0.4, 0.5) is 10.3 Å². The predicted molar refractivity (Wildman–Crippen MR) is 74.6 cm³/mol. The van der Waals surface area contributed by atoms with Crippen LogP contribution in [-0.2, 0) is 0 Å². The van der Waals surface area contributed by atoms with Crippen molar-refractivity contribution in [2.45, 2.75) is 0 Å². The second kappa shape index (κ2) is 4.94. The van der Waals surface area contributed by atoms with Crippen LogP contribution in [0, 0.1) is 5.82 Å². The van der Waals surface area contributed by atoms with Crippen molar-refractivity contribution < 1.29 is 8.91 Å². The number of nitrogen functional groups attached to an aromatic ring is 1. The van der Waals surface area contributed by atoms with E-state index in [4.69, 9.17) is 21.9 Å². The number of nitrogens with two attached hydrogens (primary N) is 1. The lowest BCUT2D eigenvalue weighted by Gasteiger charge is -2.06. The third-order valence-corrected chi connectivity index (χ3v) is 3.20. The van der Waals surface area contributed by atoms with Gasteiger partial charge in [0.05, 0.1) is 10.6 Å². The summed E-state index contributed by atoms with van der Waals surface area (Å²) in [6.45, 7) is 0. The van der Waals surface area contributed by atoms with Gasteiger partial charge in [-0.05, 0) is 24.3 Å². The van der Waals surface area contributed by atoms with E-state index in [-0.39, 0.29) is 16.5 Å². The van der Waals surface area contributed by atoms with Crippen molar-refractivity contribution >= 4 is 17.5 Å². The molecular weight excluding hydrogens is 281 g/mol. The zero-order valence-corrected chi connectivity index (χ0v) is 10.9. The molecule has 2 heterocycles. The highest BCUT2D eigenvalue weighted by Gasteiger charge is 2.22. The van der Waals surface area contributed by atoms with Gasteiger partial charge in [0.15, 0.2) is 0 Å². The molecule has 3 aromatic rings. The van der Waals surface area contributed by atoms with Gasteiger partial charge in [0.1, 0.15) is 11.5 Å². The zero-order chi connectivity index (χ0) is 14.1. The van der Waals surface area contributed by atoms with Gasteiger partial charge in [0, 0.05) is 23.5 Å². The molecule has 3 rings (SSSR count). The molecule has 0 aliphatic heterocycles. The van der Waals surface area contributed by atoms with Crippen LogP contribution in [0.5, 0.6) is 0 Å². The van der Waals surface area contributed by atoms with Gasteiger partial charge in [0.25, 0.3) is 0 Å². The van der Waals surface area contributed by atoms with Crippen LogP contribution in [0.25, 0.3) is 22.4 Å². The van der Waals surface area contributed by atoms with Gasteiger partial charge in [-0.25, -0.2) is 4.39 Å². The Hall–Kier alpha value is -2.40. The molecule has 6 heteroatoms. The summed E-state index contributed by atoms with van der Waals surface area (Å²) in [5.41, 5.74) is 7.45. The molecule has 0 fully saturated rings. The van der Waals surface area contributed by atoms with Crippen molar-refractivity contribution in [3.63, 3.8) is 0 Å². The normalized spacial score (nSPS) is 10.7. The fourth-order valence-corrected chi connectivity index (χ4v) is 2.25. The quantitative estimate of drug-likeness (QED) is 0.780. The summed E-state index contributed by atoms with van der Waals surface area (Å²) in [6.07, 6.45) is 3.21. The maximum absolute atomic E-state index is 14.1. The molecule has 4 nitrogen and oxygen atoms in total. The average Bonchev–Trinajstić information content (AvgIpc) is 2.82. The summed E-state index contributed by atoms with van der Waals surface area (Å²) in [5.74, 6) is -0.466.